The maximum absolute atomic E-state index is 8.77. The maximum atomic E-state index is 8.77. The third-order valence-electron chi connectivity index (χ3n) is 2.61. The smallest absolute Gasteiger partial charge is 0.0992 e. The zero-order valence-electron chi connectivity index (χ0n) is 9.44. The van der Waals surface area contributed by atoms with Crippen LogP contribution in [0.2, 0.25) is 0 Å². The summed E-state index contributed by atoms with van der Waals surface area (Å²) in [5, 5.41) is 12.1. The molecule has 1 heterocycles. The number of nitriles is 1. The van der Waals surface area contributed by atoms with Crippen molar-refractivity contribution in [2.75, 3.05) is 5.32 Å². The minimum Gasteiger partial charge on any atom is -0.379 e. The second kappa shape index (κ2) is 5.07. The topological polar surface area (TPSA) is 40.8 Å². The predicted molar refractivity (Wildman–Crippen MR) is 71.6 cm³/mol. The third kappa shape index (κ3) is 2.69. The van der Waals surface area contributed by atoms with Gasteiger partial charge in [-0.1, -0.05) is 0 Å². The molecule has 0 aliphatic rings. The molecular formula is C13H12BrN3. The van der Waals surface area contributed by atoms with Gasteiger partial charge in [0, 0.05) is 29.1 Å². The summed E-state index contributed by atoms with van der Waals surface area (Å²) in [6, 6.07) is 11.7. The Bertz CT molecular complexity index is 566. The molecule has 0 fully saturated rings. The van der Waals surface area contributed by atoms with Crippen molar-refractivity contribution in [2.45, 2.75) is 6.54 Å². The summed E-state index contributed by atoms with van der Waals surface area (Å²) in [5.41, 5.74) is 2.85. The summed E-state index contributed by atoms with van der Waals surface area (Å²) in [6.07, 6.45) is 2.02. The van der Waals surface area contributed by atoms with Gasteiger partial charge < -0.3 is 9.88 Å². The van der Waals surface area contributed by atoms with Crippen LogP contribution in [0.25, 0.3) is 0 Å². The van der Waals surface area contributed by atoms with Gasteiger partial charge in [-0.3, -0.25) is 0 Å². The van der Waals surface area contributed by atoms with Crippen molar-refractivity contribution in [1.82, 2.24) is 4.57 Å². The van der Waals surface area contributed by atoms with Crippen molar-refractivity contribution < 1.29 is 0 Å². The molecule has 0 saturated carbocycles. The number of aromatic nitrogens is 1. The summed E-state index contributed by atoms with van der Waals surface area (Å²) < 4.78 is 2.98. The second-order valence-corrected chi connectivity index (χ2v) is 4.62. The molecule has 0 bridgehead atoms. The standard InChI is InChI=1S/C13H12BrN3/c1-17-6-2-3-11(17)9-16-13-5-4-10(8-15)7-12(13)14/h2-7,16H,9H2,1H3. The zero-order valence-corrected chi connectivity index (χ0v) is 11.0. The Morgan fingerprint density at radius 1 is 1.41 bits per heavy atom. The highest BCUT2D eigenvalue weighted by Gasteiger charge is 2.02. The molecule has 0 aliphatic heterocycles. The monoisotopic (exact) mass is 289 g/mol. The molecule has 86 valence electrons. The molecule has 0 unspecified atom stereocenters. The van der Waals surface area contributed by atoms with E-state index in [1.54, 1.807) is 6.07 Å². The van der Waals surface area contributed by atoms with Crippen LogP contribution in [-0.2, 0) is 13.6 Å². The summed E-state index contributed by atoms with van der Waals surface area (Å²) in [5.74, 6) is 0. The number of benzene rings is 1. The summed E-state index contributed by atoms with van der Waals surface area (Å²) >= 11 is 3.45. The van der Waals surface area contributed by atoms with Crippen LogP contribution < -0.4 is 5.32 Å². The number of hydrogen-bond acceptors (Lipinski definition) is 2. The van der Waals surface area contributed by atoms with Gasteiger partial charge in [-0.05, 0) is 46.3 Å². The number of nitrogens with one attached hydrogen (secondary N) is 1. The average Bonchev–Trinajstić information content (AvgIpc) is 2.73. The Kier molecular flexibility index (Phi) is 3.50. The first-order chi connectivity index (χ1) is 8.20. The van der Waals surface area contributed by atoms with Gasteiger partial charge in [0.15, 0.2) is 0 Å². The van der Waals surface area contributed by atoms with E-state index in [-0.39, 0.29) is 0 Å². The van der Waals surface area contributed by atoms with Gasteiger partial charge in [-0.15, -0.1) is 0 Å². The van der Waals surface area contributed by atoms with Gasteiger partial charge in [0.2, 0.25) is 0 Å². The maximum Gasteiger partial charge on any atom is 0.0992 e. The van der Waals surface area contributed by atoms with E-state index in [1.807, 2.05) is 31.4 Å². The minimum absolute atomic E-state index is 0.654. The Hall–Kier alpha value is -1.73. The van der Waals surface area contributed by atoms with E-state index in [1.165, 1.54) is 5.69 Å². The lowest BCUT2D eigenvalue weighted by Gasteiger charge is -2.09. The highest BCUT2D eigenvalue weighted by atomic mass is 79.9. The van der Waals surface area contributed by atoms with Gasteiger partial charge >= 0.3 is 0 Å². The number of halogens is 1. The van der Waals surface area contributed by atoms with Crippen LogP contribution in [0.3, 0.4) is 0 Å². The normalized spacial score (nSPS) is 9.94. The van der Waals surface area contributed by atoms with Crippen molar-refractivity contribution in [2.24, 2.45) is 7.05 Å². The van der Waals surface area contributed by atoms with E-state index >= 15 is 0 Å². The van der Waals surface area contributed by atoms with Crippen LogP contribution in [0.5, 0.6) is 0 Å². The number of hydrogen-bond donors (Lipinski definition) is 1. The molecule has 4 heteroatoms. The zero-order chi connectivity index (χ0) is 12.3. The fraction of sp³-hybridized carbons (Fsp3) is 0.154. The third-order valence-corrected chi connectivity index (χ3v) is 3.27. The highest BCUT2D eigenvalue weighted by Crippen LogP contribution is 2.23. The van der Waals surface area contributed by atoms with Crippen molar-refractivity contribution >= 4 is 21.6 Å². The lowest BCUT2D eigenvalue weighted by molar-refractivity contribution is 0.842. The van der Waals surface area contributed by atoms with Gasteiger partial charge in [0.1, 0.15) is 0 Å². The highest BCUT2D eigenvalue weighted by molar-refractivity contribution is 9.10. The van der Waals surface area contributed by atoms with E-state index in [0.29, 0.717) is 5.56 Å². The molecule has 1 aromatic heterocycles. The summed E-state index contributed by atoms with van der Waals surface area (Å²) in [4.78, 5) is 0. The largest absolute Gasteiger partial charge is 0.379 e. The summed E-state index contributed by atoms with van der Waals surface area (Å²) in [7, 11) is 2.02. The van der Waals surface area contributed by atoms with E-state index in [4.69, 9.17) is 5.26 Å². The Labute approximate surface area is 109 Å². The lowest BCUT2D eigenvalue weighted by Crippen LogP contribution is -2.04. The van der Waals surface area contributed by atoms with Gasteiger partial charge in [-0.25, -0.2) is 0 Å². The molecule has 3 nitrogen and oxygen atoms in total. The summed E-state index contributed by atoms with van der Waals surface area (Å²) in [6.45, 7) is 0.758. The SMILES string of the molecule is Cn1cccc1CNc1ccc(C#N)cc1Br. The van der Waals surface area contributed by atoms with Gasteiger partial charge in [0.25, 0.3) is 0 Å². The van der Waals surface area contributed by atoms with Crippen molar-refractivity contribution in [1.29, 1.82) is 5.26 Å². The van der Waals surface area contributed by atoms with Crippen molar-refractivity contribution in [3.8, 4) is 6.07 Å². The fourth-order valence-electron chi connectivity index (χ4n) is 1.59. The molecule has 0 saturated heterocycles. The second-order valence-electron chi connectivity index (χ2n) is 3.77. The predicted octanol–water partition coefficient (Wildman–Crippen LogP) is 3.27. The van der Waals surface area contributed by atoms with E-state index in [0.717, 1.165) is 16.7 Å². The molecule has 0 aliphatic carbocycles. The number of nitrogens with zero attached hydrogens (tertiary/aromatic N) is 2. The van der Waals surface area contributed by atoms with Crippen molar-refractivity contribution in [3.05, 3.63) is 52.3 Å². The molecule has 1 aromatic carbocycles. The molecule has 1 N–H and O–H groups in total. The fourth-order valence-corrected chi connectivity index (χ4v) is 2.11. The minimum atomic E-state index is 0.654. The van der Waals surface area contributed by atoms with Crippen LogP contribution in [0.1, 0.15) is 11.3 Å². The molecule has 17 heavy (non-hydrogen) atoms. The number of aryl methyl sites for hydroxylation is 1. The van der Waals surface area contributed by atoms with Crippen LogP contribution in [0, 0.1) is 11.3 Å². The molecule has 0 atom stereocenters. The van der Waals surface area contributed by atoms with Gasteiger partial charge in [0.05, 0.1) is 18.2 Å². The lowest BCUT2D eigenvalue weighted by atomic mass is 10.2. The number of anilines is 1. The first-order valence-corrected chi connectivity index (χ1v) is 6.04. The Balaban J connectivity index is 2.10. The Morgan fingerprint density at radius 3 is 2.82 bits per heavy atom. The van der Waals surface area contributed by atoms with Crippen LogP contribution in [-0.4, -0.2) is 4.57 Å². The molecule has 0 amide bonds. The van der Waals surface area contributed by atoms with E-state index in [2.05, 4.69) is 37.9 Å². The van der Waals surface area contributed by atoms with Crippen molar-refractivity contribution in [3.63, 3.8) is 0 Å². The molecule has 0 spiro atoms. The van der Waals surface area contributed by atoms with E-state index < -0.39 is 0 Å². The first-order valence-electron chi connectivity index (χ1n) is 5.24. The average molecular weight is 290 g/mol. The Morgan fingerprint density at radius 2 is 2.24 bits per heavy atom. The number of rotatable bonds is 3. The van der Waals surface area contributed by atoms with Crippen LogP contribution in [0.4, 0.5) is 5.69 Å². The molecular weight excluding hydrogens is 278 g/mol. The van der Waals surface area contributed by atoms with Crippen LogP contribution >= 0.6 is 15.9 Å². The molecule has 2 aromatic rings. The first kappa shape index (κ1) is 11.7. The van der Waals surface area contributed by atoms with E-state index in [9.17, 15) is 0 Å². The quantitative estimate of drug-likeness (QED) is 0.942. The van der Waals surface area contributed by atoms with Crippen LogP contribution in [0.15, 0.2) is 41.0 Å². The molecule has 0 radical (unpaired) electrons. The molecule has 2 rings (SSSR count). The van der Waals surface area contributed by atoms with Gasteiger partial charge in [-0.2, -0.15) is 5.26 Å².